The number of nitrogens with zero attached hydrogens (tertiary/aromatic N) is 1. The number of anilines is 1. The van der Waals surface area contributed by atoms with Crippen molar-refractivity contribution in [3.8, 4) is 5.75 Å². The van der Waals surface area contributed by atoms with Crippen molar-refractivity contribution >= 4 is 17.5 Å². The summed E-state index contributed by atoms with van der Waals surface area (Å²) in [5, 5.41) is 2.81. The molecule has 2 aromatic carbocycles. The second-order valence-electron chi connectivity index (χ2n) is 8.30. The first-order chi connectivity index (χ1) is 15.7. The van der Waals surface area contributed by atoms with Gasteiger partial charge in [0.05, 0.1) is 19.3 Å². The van der Waals surface area contributed by atoms with Crippen molar-refractivity contribution in [2.45, 2.75) is 50.0 Å². The van der Waals surface area contributed by atoms with E-state index in [2.05, 4.69) is 5.32 Å². The van der Waals surface area contributed by atoms with Crippen LogP contribution < -0.4 is 10.1 Å². The van der Waals surface area contributed by atoms with Crippen molar-refractivity contribution in [3.05, 3.63) is 59.7 Å². The molecule has 1 aliphatic carbocycles. The van der Waals surface area contributed by atoms with E-state index in [-0.39, 0.29) is 12.2 Å². The van der Waals surface area contributed by atoms with Crippen LogP contribution in [0.25, 0.3) is 0 Å². The third kappa shape index (κ3) is 4.68. The summed E-state index contributed by atoms with van der Waals surface area (Å²) in [7, 11) is 1.54. The van der Waals surface area contributed by atoms with E-state index in [9.17, 15) is 22.8 Å². The third-order valence-electron chi connectivity index (χ3n) is 6.23. The quantitative estimate of drug-likeness (QED) is 0.705. The average molecular weight is 462 g/mol. The number of rotatable bonds is 4. The first-order valence-electron chi connectivity index (χ1n) is 10.8. The molecular weight excluding hydrogens is 437 g/mol. The summed E-state index contributed by atoms with van der Waals surface area (Å²) in [5.41, 5.74) is -1.15. The van der Waals surface area contributed by atoms with Crippen molar-refractivity contribution in [1.82, 2.24) is 4.90 Å². The standard InChI is InChI=1S/C24H25F3N2O4/c1-32-19-11-9-18(10-12-19)28-21(30)20-15-33-23(13-3-2-4-14-23)29(20)22(31)16-5-7-17(8-6-16)24(25,26)27/h5-12,20H,2-4,13-15H2,1H3,(H,28,30). The first kappa shape index (κ1) is 23.1. The fourth-order valence-corrected chi connectivity index (χ4v) is 4.51. The Morgan fingerprint density at radius 2 is 1.67 bits per heavy atom. The van der Waals surface area contributed by atoms with Crippen LogP contribution in [0.4, 0.5) is 18.9 Å². The second-order valence-corrected chi connectivity index (χ2v) is 8.30. The SMILES string of the molecule is COc1ccc(NC(=O)C2COC3(CCCCC3)N2C(=O)c2ccc(C(F)(F)F)cc2)cc1. The highest BCUT2D eigenvalue weighted by atomic mass is 19.4. The van der Waals surface area contributed by atoms with Crippen molar-refractivity contribution in [2.75, 3.05) is 19.0 Å². The molecule has 0 radical (unpaired) electrons. The number of alkyl halides is 3. The summed E-state index contributed by atoms with van der Waals surface area (Å²) in [5.74, 6) is -0.293. The minimum atomic E-state index is -4.50. The molecule has 176 valence electrons. The van der Waals surface area contributed by atoms with E-state index in [1.54, 1.807) is 24.3 Å². The average Bonchev–Trinajstić information content (AvgIpc) is 3.17. The lowest BCUT2D eigenvalue weighted by Crippen LogP contribution is -2.55. The maximum absolute atomic E-state index is 13.5. The zero-order valence-electron chi connectivity index (χ0n) is 18.2. The molecule has 0 bridgehead atoms. The van der Waals surface area contributed by atoms with E-state index in [4.69, 9.17) is 9.47 Å². The normalized spacial score (nSPS) is 20.0. The fourth-order valence-electron chi connectivity index (χ4n) is 4.51. The van der Waals surface area contributed by atoms with Crippen LogP contribution in [0.1, 0.15) is 48.0 Å². The molecule has 2 aliphatic rings. The van der Waals surface area contributed by atoms with Gasteiger partial charge in [0.15, 0.2) is 0 Å². The van der Waals surface area contributed by atoms with Crippen molar-refractivity contribution < 1.29 is 32.2 Å². The molecule has 9 heteroatoms. The van der Waals surface area contributed by atoms with E-state index in [0.717, 1.165) is 43.5 Å². The van der Waals surface area contributed by atoms with Crippen LogP contribution in [0.15, 0.2) is 48.5 Å². The number of methoxy groups -OCH3 is 1. The maximum atomic E-state index is 13.5. The number of nitrogens with one attached hydrogen (secondary N) is 1. The molecule has 1 saturated carbocycles. The van der Waals surface area contributed by atoms with Gasteiger partial charge in [-0.25, -0.2) is 0 Å². The molecule has 2 fully saturated rings. The largest absolute Gasteiger partial charge is 0.497 e. The van der Waals surface area contributed by atoms with Gasteiger partial charge in [-0.3, -0.25) is 14.5 Å². The fraction of sp³-hybridized carbons (Fsp3) is 0.417. The summed E-state index contributed by atoms with van der Waals surface area (Å²) >= 11 is 0. The molecular formula is C24H25F3N2O4. The molecule has 1 unspecified atom stereocenters. The van der Waals surface area contributed by atoms with Crippen LogP contribution in [0, 0.1) is 0 Å². The number of carbonyl (C=O) groups is 2. The lowest BCUT2D eigenvalue weighted by Gasteiger charge is -2.41. The Morgan fingerprint density at radius 3 is 2.24 bits per heavy atom. The maximum Gasteiger partial charge on any atom is 0.416 e. The Kier molecular flexibility index (Phi) is 6.34. The van der Waals surface area contributed by atoms with E-state index in [1.807, 2.05) is 0 Å². The molecule has 0 aromatic heterocycles. The van der Waals surface area contributed by atoms with E-state index >= 15 is 0 Å². The van der Waals surface area contributed by atoms with Gasteiger partial charge in [-0.15, -0.1) is 0 Å². The first-order valence-corrected chi connectivity index (χ1v) is 10.8. The number of amides is 2. The highest BCUT2D eigenvalue weighted by molar-refractivity contribution is 6.02. The van der Waals surface area contributed by atoms with Gasteiger partial charge in [0.1, 0.15) is 17.5 Å². The van der Waals surface area contributed by atoms with Gasteiger partial charge in [0.25, 0.3) is 5.91 Å². The van der Waals surface area contributed by atoms with E-state index in [1.165, 1.54) is 12.0 Å². The summed E-state index contributed by atoms with van der Waals surface area (Å²) in [4.78, 5) is 28.1. The monoisotopic (exact) mass is 462 g/mol. The molecule has 1 atom stereocenters. The molecule has 1 spiro atoms. The topological polar surface area (TPSA) is 67.9 Å². The van der Waals surface area contributed by atoms with E-state index in [0.29, 0.717) is 24.3 Å². The number of hydrogen-bond acceptors (Lipinski definition) is 4. The number of halogens is 3. The minimum Gasteiger partial charge on any atom is -0.497 e. The number of benzene rings is 2. The lowest BCUT2D eigenvalue weighted by molar-refractivity contribution is -0.137. The number of hydrogen-bond donors (Lipinski definition) is 1. The highest BCUT2D eigenvalue weighted by Crippen LogP contribution is 2.42. The number of ether oxygens (including phenoxy) is 2. The Balaban J connectivity index is 1.60. The highest BCUT2D eigenvalue weighted by Gasteiger charge is 2.53. The van der Waals surface area contributed by atoms with Gasteiger partial charge in [-0.1, -0.05) is 6.42 Å². The van der Waals surface area contributed by atoms with Crippen LogP contribution >= 0.6 is 0 Å². The van der Waals surface area contributed by atoms with Crippen molar-refractivity contribution in [3.63, 3.8) is 0 Å². The Hall–Kier alpha value is -3.07. The lowest BCUT2D eigenvalue weighted by atomic mass is 9.89. The predicted molar refractivity (Wildman–Crippen MR) is 115 cm³/mol. The van der Waals surface area contributed by atoms with Gasteiger partial charge >= 0.3 is 6.18 Å². The summed E-state index contributed by atoms with van der Waals surface area (Å²) in [6, 6.07) is 9.93. The summed E-state index contributed by atoms with van der Waals surface area (Å²) < 4.78 is 50.0. The summed E-state index contributed by atoms with van der Waals surface area (Å²) in [6.07, 6.45) is -0.676. The van der Waals surface area contributed by atoms with Gasteiger partial charge in [0.2, 0.25) is 5.91 Å². The van der Waals surface area contributed by atoms with Crippen LogP contribution in [-0.2, 0) is 15.7 Å². The molecule has 1 heterocycles. The van der Waals surface area contributed by atoms with E-state index < -0.39 is 35.3 Å². The van der Waals surface area contributed by atoms with Crippen molar-refractivity contribution in [2.24, 2.45) is 0 Å². The van der Waals surface area contributed by atoms with Gasteiger partial charge in [-0.2, -0.15) is 13.2 Å². The third-order valence-corrected chi connectivity index (χ3v) is 6.23. The van der Waals surface area contributed by atoms with Crippen LogP contribution in [-0.4, -0.2) is 42.2 Å². The second kappa shape index (κ2) is 9.05. The van der Waals surface area contributed by atoms with Gasteiger partial charge < -0.3 is 14.8 Å². The zero-order chi connectivity index (χ0) is 23.6. The zero-order valence-corrected chi connectivity index (χ0v) is 18.2. The van der Waals surface area contributed by atoms with Crippen molar-refractivity contribution in [1.29, 1.82) is 0 Å². The van der Waals surface area contributed by atoms with Gasteiger partial charge in [-0.05, 0) is 74.2 Å². The molecule has 33 heavy (non-hydrogen) atoms. The Bertz CT molecular complexity index is 1000. The molecule has 1 saturated heterocycles. The molecule has 1 N–H and O–H groups in total. The minimum absolute atomic E-state index is 0.0222. The van der Waals surface area contributed by atoms with Crippen LogP contribution in [0.5, 0.6) is 5.75 Å². The van der Waals surface area contributed by atoms with Crippen LogP contribution in [0.3, 0.4) is 0 Å². The molecule has 1 aliphatic heterocycles. The van der Waals surface area contributed by atoms with Gasteiger partial charge in [0, 0.05) is 11.3 Å². The smallest absolute Gasteiger partial charge is 0.416 e. The Labute approximate surface area is 189 Å². The molecule has 4 rings (SSSR count). The predicted octanol–water partition coefficient (Wildman–Crippen LogP) is 4.85. The van der Waals surface area contributed by atoms with Crippen LogP contribution in [0.2, 0.25) is 0 Å². The number of carbonyl (C=O) groups excluding carboxylic acids is 2. The Morgan fingerprint density at radius 1 is 1.03 bits per heavy atom. The molecule has 2 amide bonds. The molecule has 6 nitrogen and oxygen atoms in total. The summed E-state index contributed by atoms with van der Waals surface area (Å²) in [6.45, 7) is 0.0222. The molecule has 2 aromatic rings.